The van der Waals surface area contributed by atoms with Crippen molar-refractivity contribution < 1.29 is 9.13 Å². The Morgan fingerprint density at radius 3 is 2.30 bits per heavy atom. The van der Waals surface area contributed by atoms with Crippen LogP contribution in [0.1, 0.15) is 32.1 Å². The molecule has 0 saturated heterocycles. The number of anilines is 1. The first-order valence-electron chi connectivity index (χ1n) is 7.83. The Hall–Kier alpha value is -1.25. The van der Waals surface area contributed by atoms with Crippen molar-refractivity contribution in [1.82, 2.24) is 0 Å². The van der Waals surface area contributed by atoms with Crippen molar-refractivity contribution in [2.24, 2.45) is 23.7 Å². The maximum Gasteiger partial charge on any atom is 0.165 e. The van der Waals surface area contributed by atoms with Gasteiger partial charge in [0, 0.05) is 17.8 Å². The zero-order chi connectivity index (χ0) is 13.7. The van der Waals surface area contributed by atoms with Crippen LogP contribution in [0.4, 0.5) is 10.1 Å². The van der Waals surface area contributed by atoms with Crippen LogP contribution >= 0.6 is 0 Å². The van der Waals surface area contributed by atoms with E-state index >= 15 is 0 Å². The van der Waals surface area contributed by atoms with E-state index in [9.17, 15) is 4.39 Å². The predicted molar refractivity (Wildman–Crippen MR) is 77.4 cm³/mol. The standard InChI is InChI=1S/C17H22FNO/c1-20-16-9-14(2-3-15(16)18)19-17-12-5-10-4-11(7-12)8-13(17)6-10/h2-3,9-13,17,19H,4-8H2,1H3. The number of ether oxygens (including phenoxy) is 1. The van der Waals surface area contributed by atoms with Gasteiger partial charge < -0.3 is 10.1 Å². The minimum atomic E-state index is -0.289. The largest absolute Gasteiger partial charge is 0.494 e. The first kappa shape index (κ1) is 12.5. The number of methoxy groups -OCH3 is 1. The Kier molecular flexibility index (Phi) is 2.90. The van der Waals surface area contributed by atoms with Crippen LogP contribution in [0.15, 0.2) is 18.2 Å². The van der Waals surface area contributed by atoms with E-state index < -0.39 is 0 Å². The van der Waals surface area contributed by atoms with Gasteiger partial charge in [-0.05, 0) is 67.9 Å². The summed E-state index contributed by atoms with van der Waals surface area (Å²) < 4.78 is 18.6. The molecule has 1 N–H and O–H groups in total. The van der Waals surface area contributed by atoms with Gasteiger partial charge >= 0.3 is 0 Å². The lowest BCUT2D eigenvalue weighted by Gasteiger charge is -2.54. The normalized spacial score (nSPS) is 38.0. The molecule has 4 aliphatic rings. The average molecular weight is 275 g/mol. The second-order valence-electron chi connectivity index (χ2n) is 6.95. The van der Waals surface area contributed by atoms with Crippen LogP contribution in [0.2, 0.25) is 0 Å². The lowest BCUT2D eigenvalue weighted by atomic mass is 9.54. The third-order valence-electron chi connectivity index (χ3n) is 5.71. The summed E-state index contributed by atoms with van der Waals surface area (Å²) in [6.45, 7) is 0. The van der Waals surface area contributed by atoms with E-state index in [0.717, 1.165) is 29.4 Å². The van der Waals surface area contributed by atoms with Crippen molar-refractivity contribution in [2.45, 2.75) is 38.1 Å². The zero-order valence-electron chi connectivity index (χ0n) is 11.9. The van der Waals surface area contributed by atoms with Gasteiger partial charge in [-0.1, -0.05) is 0 Å². The number of rotatable bonds is 3. The second-order valence-corrected chi connectivity index (χ2v) is 6.95. The molecule has 3 heteroatoms. The Balaban J connectivity index is 1.54. The molecule has 20 heavy (non-hydrogen) atoms. The van der Waals surface area contributed by atoms with E-state index in [1.54, 1.807) is 6.07 Å². The molecule has 1 aromatic carbocycles. The first-order chi connectivity index (χ1) is 9.72. The van der Waals surface area contributed by atoms with Gasteiger partial charge in [0.15, 0.2) is 11.6 Å². The maximum atomic E-state index is 13.5. The van der Waals surface area contributed by atoms with Gasteiger partial charge in [-0.3, -0.25) is 0 Å². The van der Waals surface area contributed by atoms with Gasteiger partial charge in [0.2, 0.25) is 0 Å². The van der Waals surface area contributed by atoms with E-state index in [1.807, 2.05) is 6.07 Å². The molecule has 4 saturated carbocycles. The molecule has 1 aromatic rings. The van der Waals surface area contributed by atoms with Gasteiger partial charge in [-0.2, -0.15) is 0 Å². The Morgan fingerprint density at radius 1 is 1.05 bits per heavy atom. The molecule has 0 spiro atoms. The third-order valence-corrected chi connectivity index (χ3v) is 5.71. The average Bonchev–Trinajstić information content (AvgIpc) is 2.44. The topological polar surface area (TPSA) is 21.3 Å². The van der Waals surface area contributed by atoms with Crippen molar-refractivity contribution >= 4 is 5.69 Å². The fraction of sp³-hybridized carbons (Fsp3) is 0.647. The van der Waals surface area contributed by atoms with Gasteiger partial charge in [-0.15, -0.1) is 0 Å². The molecular weight excluding hydrogens is 253 g/mol. The van der Waals surface area contributed by atoms with Crippen LogP contribution in [-0.4, -0.2) is 13.2 Å². The summed E-state index contributed by atoms with van der Waals surface area (Å²) in [5, 5.41) is 3.68. The van der Waals surface area contributed by atoms with E-state index in [0.29, 0.717) is 11.8 Å². The summed E-state index contributed by atoms with van der Waals surface area (Å²) >= 11 is 0. The molecule has 0 aliphatic heterocycles. The minimum Gasteiger partial charge on any atom is -0.494 e. The van der Waals surface area contributed by atoms with Crippen molar-refractivity contribution in [3.63, 3.8) is 0 Å². The molecule has 4 bridgehead atoms. The summed E-state index contributed by atoms with van der Waals surface area (Å²) in [5.74, 6) is 3.66. The predicted octanol–water partition coefficient (Wildman–Crippen LogP) is 4.07. The second kappa shape index (κ2) is 4.64. The van der Waals surface area contributed by atoms with Crippen molar-refractivity contribution in [3.8, 4) is 5.75 Å². The fourth-order valence-corrected chi connectivity index (χ4v) is 5.10. The Bertz CT molecular complexity index is 488. The molecule has 0 radical (unpaired) electrons. The van der Waals surface area contributed by atoms with Crippen LogP contribution < -0.4 is 10.1 Å². The van der Waals surface area contributed by atoms with Crippen molar-refractivity contribution in [3.05, 3.63) is 24.0 Å². The highest BCUT2D eigenvalue weighted by Gasteiger charge is 2.48. The van der Waals surface area contributed by atoms with Crippen LogP contribution in [-0.2, 0) is 0 Å². The number of hydrogen-bond donors (Lipinski definition) is 1. The van der Waals surface area contributed by atoms with E-state index in [1.165, 1.54) is 45.3 Å². The summed E-state index contributed by atoms with van der Waals surface area (Å²) in [7, 11) is 1.52. The van der Waals surface area contributed by atoms with E-state index in [4.69, 9.17) is 4.74 Å². The monoisotopic (exact) mass is 275 g/mol. The first-order valence-corrected chi connectivity index (χ1v) is 7.83. The van der Waals surface area contributed by atoms with Crippen LogP contribution in [0.3, 0.4) is 0 Å². The molecule has 2 nitrogen and oxygen atoms in total. The minimum absolute atomic E-state index is 0.289. The van der Waals surface area contributed by atoms with Crippen LogP contribution in [0.25, 0.3) is 0 Å². The molecule has 108 valence electrons. The molecule has 5 rings (SSSR count). The highest BCUT2D eigenvalue weighted by molar-refractivity contribution is 5.50. The number of nitrogens with one attached hydrogen (secondary N) is 1. The molecular formula is C17H22FNO. The van der Waals surface area contributed by atoms with Crippen molar-refractivity contribution in [2.75, 3.05) is 12.4 Å². The molecule has 4 aliphatic carbocycles. The maximum absolute atomic E-state index is 13.5. The Morgan fingerprint density at radius 2 is 1.70 bits per heavy atom. The van der Waals surface area contributed by atoms with Crippen LogP contribution in [0.5, 0.6) is 5.75 Å². The van der Waals surface area contributed by atoms with Gasteiger partial charge in [0.1, 0.15) is 0 Å². The van der Waals surface area contributed by atoms with E-state index in [-0.39, 0.29) is 5.82 Å². The number of hydrogen-bond acceptors (Lipinski definition) is 2. The molecule has 0 heterocycles. The highest BCUT2D eigenvalue weighted by atomic mass is 19.1. The van der Waals surface area contributed by atoms with Gasteiger partial charge in [0.05, 0.1) is 7.11 Å². The number of halogens is 1. The molecule has 4 fully saturated rings. The lowest BCUT2D eigenvalue weighted by molar-refractivity contribution is 0.00753. The SMILES string of the molecule is COc1cc(NC2C3CC4CC(C3)CC2C4)ccc1F. The Labute approximate surface area is 119 Å². The van der Waals surface area contributed by atoms with Crippen LogP contribution in [0, 0.1) is 29.5 Å². The molecule has 0 atom stereocenters. The summed E-state index contributed by atoms with van der Waals surface area (Å²) in [6.07, 6.45) is 7.04. The fourth-order valence-electron chi connectivity index (χ4n) is 5.10. The van der Waals surface area contributed by atoms with Crippen molar-refractivity contribution in [1.29, 1.82) is 0 Å². The number of benzene rings is 1. The summed E-state index contributed by atoms with van der Waals surface area (Å²) in [4.78, 5) is 0. The zero-order valence-corrected chi connectivity index (χ0v) is 11.9. The molecule has 0 amide bonds. The molecule has 0 unspecified atom stereocenters. The summed E-state index contributed by atoms with van der Waals surface area (Å²) in [6, 6.07) is 5.71. The quantitative estimate of drug-likeness (QED) is 0.897. The lowest BCUT2D eigenvalue weighted by Crippen LogP contribution is -2.51. The third kappa shape index (κ3) is 1.99. The van der Waals surface area contributed by atoms with Gasteiger partial charge in [-0.25, -0.2) is 4.39 Å². The summed E-state index contributed by atoms with van der Waals surface area (Å²) in [5.41, 5.74) is 1.00. The highest BCUT2D eigenvalue weighted by Crippen LogP contribution is 2.54. The van der Waals surface area contributed by atoms with Gasteiger partial charge in [0.25, 0.3) is 0 Å². The van der Waals surface area contributed by atoms with E-state index in [2.05, 4.69) is 5.32 Å². The smallest absolute Gasteiger partial charge is 0.165 e. The molecule has 0 aromatic heterocycles.